The molecular formula is C18H19N3O4S. The molecule has 0 aliphatic carbocycles. The Balaban J connectivity index is 1.68. The third kappa shape index (κ3) is 3.70. The lowest BCUT2D eigenvalue weighted by atomic mass is 10.1. The van der Waals surface area contributed by atoms with Crippen molar-refractivity contribution in [3.05, 3.63) is 64.7 Å². The number of benzene rings is 2. The Kier molecular flexibility index (Phi) is 4.69. The first-order valence-corrected chi connectivity index (χ1v) is 9.88. The number of hydrazine groups is 1. The number of sulfonamides is 1. The van der Waals surface area contributed by atoms with Gasteiger partial charge in [-0.25, -0.2) is 8.42 Å². The molecule has 0 radical (unpaired) electrons. The van der Waals surface area contributed by atoms with Crippen molar-refractivity contribution in [1.29, 1.82) is 0 Å². The van der Waals surface area contributed by atoms with E-state index in [-0.39, 0.29) is 0 Å². The molecule has 0 atom stereocenters. The summed E-state index contributed by atoms with van der Waals surface area (Å²) in [5.41, 5.74) is 7.95. The van der Waals surface area contributed by atoms with Crippen LogP contribution in [0.4, 0.5) is 5.69 Å². The zero-order chi connectivity index (χ0) is 18.9. The molecule has 136 valence electrons. The molecule has 26 heavy (non-hydrogen) atoms. The van der Waals surface area contributed by atoms with Crippen molar-refractivity contribution in [3.8, 4) is 0 Å². The predicted octanol–water partition coefficient (Wildman–Crippen LogP) is 1.39. The van der Waals surface area contributed by atoms with Gasteiger partial charge in [0.2, 0.25) is 10.0 Å². The van der Waals surface area contributed by atoms with Crippen LogP contribution in [0.5, 0.6) is 0 Å². The lowest BCUT2D eigenvalue weighted by Gasteiger charge is -2.16. The van der Waals surface area contributed by atoms with E-state index < -0.39 is 21.8 Å². The number of nitrogens with zero attached hydrogens (tertiary/aromatic N) is 1. The Morgan fingerprint density at radius 2 is 1.54 bits per heavy atom. The highest BCUT2D eigenvalue weighted by atomic mass is 32.2. The highest BCUT2D eigenvalue weighted by molar-refractivity contribution is 7.92. The van der Waals surface area contributed by atoms with Gasteiger partial charge in [0.25, 0.3) is 11.8 Å². The van der Waals surface area contributed by atoms with Crippen LogP contribution in [0.3, 0.4) is 0 Å². The second-order valence-electron chi connectivity index (χ2n) is 6.20. The molecule has 0 fully saturated rings. The molecule has 2 N–H and O–H groups in total. The van der Waals surface area contributed by atoms with E-state index in [1.807, 2.05) is 19.1 Å². The summed E-state index contributed by atoms with van der Waals surface area (Å²) in [7, 11) is -3.33. The number of fused-ring (bicyclic) bond motifs is 1. The SMILES string of the molecule is Cc1ccc(C(=O)NNC(=O)c2ccc3c(c2)CCN3S(C)(=O)=O)cc1. The monoisotopic (exact) mass is 373 g/mol. The van der Waals surface area contributed by atoms with Crippen LogP contribution in [0.2, 0.25) is 0 Å². The zero-order valence-electron chi connectivity index (χ0n) is 14.4. The van der Waals surface area contributed by atoms with Crippen molar-refractivity contribution in [2.45, 2.75) is 13.3 Å². The van der Waals surface area contributed by atoms with Crippen molar-refractivity contribution >= 4 is 27.5 Å². The van der Waals surface area contributed by atoms with E-state index in [0.29, 0.717) is 29.8 Å². The molecule has 0 aromatic heterocycles. The molecular weight excluding hydrogens is 354 g/mol. The van der Waals surface area contributed by atoms with Gasteiger partial charge in [0, 0.05) is 17.7 Å². The number of aryl methyl sites for hydroxylation is 1. The number of hydrogen-bond donors (Lipinski definition) is 2. The van der Waals surface area contributed by atoms with Crippen LogP contribution >= 0.6 is 0 Å². The zero-order valence-corrected chi connectivity index (χ0v) is 15.3. The van der Waals surface area contributed by atoms with Gasteiger partial charge in [-0.3, -0.25) is 24.7 Å². The van der Waals surface area contributed by atoms with E-state index >= 15 is 0 Å². The standard InChI is InChI=1S/C18H19N3O4S/c1-12-3-5-13(6-4-12)17(22)19-20-18(23)15-7-8-16-14(11-15)9-10-21(16)26(2,24)25/h3-8,11H,9-10H2,1-2H3,(H,19,22)(H,20,23). The number of nitrogens with one attached hydrogen (secondary N) is 2. The van der Waals surface area contributed by atoms with Gasteiger partial charge in [-0.05, 0) is 49.2 Å². The van der Waals surface area contributed by atoms with E-state index in [4.69, 9.17) is 0 Å². The normalized spacial score (nSPS) is 13.2. The molecule has 0 saturated heterocycles. The smallest absolute Gasteiger partial charge is 0.269 e. The molecule has 2 aromatic rings. The Hall–Kier alpha value is -2.87. The lowest BCUT2D eigenvalue weighted by Crippen LogP contribution is -2.41. The quantitative estimate of drug-likeness (QED) is 0.795. The molecule has 0 unspecified atom stereocenters. The van der Waals surface area contributed by atoms with Crippen molar-refractivity contribution in [2.24, 2.45) is 0 Å². The van der Waals surface area contributed by atoms with Crippen LogP contribution in [-0.4, -0.2) is 33.0 Å². The minimum absolute atomic E-state index is 0.350. The topological polar surface area (TPSA) is 95.6 Å². The molecule has 7 nitrogen and oxygen atoms in total. The maximum atomic E-state index is 12.3. The number of carbonyl (C=O) groups is 2. The van der Waals surface area contributed by atoms with Gasteiger partial charge in [-0.15, -0.1) is 0 Å². The van der Waals surface area contributed by atoms with E-state index in [9.17, 15) is 18.0 Å². The largest absolute Gasteiger partial charge is 0.270 e. The van der Waals surface area contributed by atoms with Crippen molar-refractivity contribution in [1.82, 2.24) is 10.9 Å². The van der Waals surface area contributed by atoms with Crippen LogP contribution in [0.15, 0.2) is 42.5 Å². The third-order valence-corrected chi connectivity index (χ3v) is 5.38. The van der Waals surface area contributed by atoms with Gasteiger partial charge in [0.1, 0.15) is 0 Å². The number of rotatable bonds is 3. The van der Waals surface area contributed by atoms with Crippen molar-refractivity contribution < 1.29 is 18.0 Å². The fourth-order valence-electron chi connectivity index (χ4n) is 2.82. The number of amides is 2. The molecule has 2 aromatic carbocycles. The summed E-state index contributed by atoms with van der Waals surface area (Å²) in [6.45, 7) is 2.28. The highest BCUT2D eigenvalue weighted by Gasteiger charge is 2.26. The summed E-state index contributed by atoms with van der Waals surface area (Å²) in [6, 6.07) is 11.8. The number of hydrogen-bond acceptors (Lipinski definition) is 4. The maximum Gasteiger partial charge on any atom is 0.269 e. The Morgan fingerprint density at radius 3 is 2.15 bits per heavy atom. The molecule has 1 aliphatic heterocycles. The van der Waals surface area contributed by atoms with Crippen LogP contribution in [0, 0.1) is 6.92 Å². The fraction of sp³-hybridized carbons (Fsp3) is 0.222. The maximum absolute atomic E-state index is 12.3. The first-order chi connectivity index (χ1) is 12.3. The van der Waals surface area contributed by atoms with Gasteiger partial charge in [-0.2, -0.15) is 0 Å². The number of anilines is 1. The molecule has 8 heteroatoms. The van der Waals surface area contributed by atoms with Crippen LogP contribution < -0.4 is 15.2 Å². The highest BCUT2D eigenvalue weighted by Crippen LogP contribution is 2.30. The van der Waals surface area contributed by atoms with Crippen LogP contribution in [0.1, 0.15) is 31.8 Å². The summed E-state index contributed by atoms with van der Waals surface area (Å²) in [5, 5.41) is 0. The van der Waals surface area contributed by atoms with E-state index in [0.717, 1.165) is 17.4 Å². The van der Waals surface area contributed by atoms with Crippen molar-refractivity contribution in [2.75, 3.05) is 17.1 Å². The van der Waals surface area contributed by atoms with Gasteiger partial charge >= 0.3 is 0 Å². The van der Waals surface area contributed by atoms with E-state index in [1.54, 1.807) is 24.3 Å². The van der Waals surface area contributed by atoms with Crippen LogP contribution in [-0.2, 0) is 16.4 Å². The van der Waals surface area contributed by atoms with Crippen molar-refractivity contribution in [3.63, 3.8) is 0 Å². The molecule has 2 amide bonds. The summed E-state index contributed by atoms with van der Waals surface area (Å²) < 4.78 is 24.8. The molecule has 0 spiro atoms. The molecule has 1 heterocycles. The first-order valence-electron chi connectivity index (χ1n) is 8.04. The third-order valence-electron chi connectivity index (χ3n) is 4.20. The summed E-state index contributed by atoms with van der Waals surface area (Å²) in [4.78, 5) is 24.3. The first kappa shape index (κ1) is 17.9. The molecule has 3 rings (SSSR count). The van der Waals surface area contributed by atoms with Gasteiger partial charge in [-0.1, -0.05) is 17.7 Å². The Bertz CT molecular complexity index is 968. The second-order valence-corrected chi connectivity index (χ2v) is 8.11. The molecule has 0 bridgehead atoms. The minimum atomic E-state index is -3.33. The summed E-state index contributed by atoms with van der Waals surface area (Å²) >= 11 is 0. The van der Waals surface area contributed by atoms with Crippen LogP contribution in [0.25, 0.3) is 0 Å². The predicted molar refractivity (Wildman–Crippen MR) is 98.4 cm³/mol. The van der Waals surface area contributed by atoms with E-state index in [1.165, 1.54) is 10.4 Å². The number of carbonyl (C=O) groups excluding carboxylic acids is 2. The second kappa shape index (κ2) is 6.80. The summed E-state index contributed by atoms with van der Waals surface area (Å²) in [6.07, 6.45) is 1.70. The average Bonchev–Trinajstić information content (AvgIpc) is 3.03. The van der Waals surface area contributed by atoms with Gasteiger partial charge < -0.3 is 0 Å². The Morgan fingerprint density at radius 1 is 0.962 bits per heavy atom. The lowest BCUT2D eigenvalue weighted by molar-refractivity contribution is 0.0846. The molecule has 1 aliphatic rings. The van der Waals surface area contributed by atoms with Gasteiger partial charge in [0.05, 0.1) is 11.9 Å². The fourth-order valence-corrected chi connectivity index (χ4v) is 3.78. The summed E-state index contributed by atoms with van der Waals surface area (Å²) in [5.74, 6) is -0.881. The van der Waals surface area contributed by atoms with E-state index in [2.05, 4.69) is 10.9 Å². The molecule has 0 saturated carbocycles. The Labute approximate surface area is 152 Å². The average molecular weight is 373 g/mol. The minimum Gasteiger partial charge on any atom is -0.270 e. The van der Waals surface area contributed by atoms with Gasteiger partial charge in [0.15, 0.2) is 0 Å².